The van der Waals surface area contributed by atoms with Gasteiger partial charge in [0.25, 0.3) is 5.91 Å². The van der Waals surface area contributed by atoms with Gasteiger partial charge in [-0.3, -0.25) is 9.59 Å². The highest BCUT2D eigenvalue weighted by Gasteiger charge is 2.15. The number of nitrogens with zero attached hydrogens (tertiary/aromatic N) is 3. The maximum absolute atomic E-state index is 12.5. The molecular formula is C20H22BrN5O2. The molecule has 0 unspecified atom stereocenters. The predicted octanol–water partition coefficient (Wildman–Crippen LogP) is 3.84. The van der Waals surface area contributed by atoms with Gasteiger partial charge in [-0.2, -0.15) is 5.10 Å². The lowest BCUT2D eigenvalue weighted by Crippen LogP contribution is -2.28. The number of fused-ring (bicyclic) bond motifs is 1. The Morgan fingerprint density at radius 1 is 1.21 bits per heavy atom. The Hall–Kier alpha value is -2.74. The van der Waals surface area contributed by atoms with Crippen LogP contribution in [0.5, 0.6) is 0 Å². The summed E-state index contributed by atoms with van der Waals surface area (Å²) in [5.41, 5.74) is 2.60. The normalized spacial score (nSPS) is 11.0. The monoisotopic (exact) mass is 443 g/mol. The first kappa shape index (κ1) is 20.0. The maximum Gasteiger partial charge on any atom is 0.253 e. The van der Waals surface area contributed by atoms with E-state index in [1.807, 2.05) is 42.8 Å². The summed E-state index contributed by atoms with van der Waals surface area (Å²) in [4.78, 5) is 29.1. The third kappa shape index (κ3) is 4.56. The first-order valence-electron chi connectivity index (χ1n) is 9.03. The molecule has 0 aliphatic heterocycles. The van der Waals surface area contributed by atoms with Gasteiger partial charge in [-0.15, -0.1) is 0 Å². The summed E-state index contributed by atoms with van der Waals surface area (Å²) in [6, 6.07) is 9.30. The van der Waals surface area contributed by atoms with E-state index in [-0.39, 0.29) is 30.8 Å². The van der Waals surface area contributed by atoms with Gasteiger partial charge in [0.2, 0.25) is 5.91 Å². The van der Waals surface area contributed by atoms with Crippen LogP contribution in [-0.2, 0) is 4.79 Å². The smallest absolute Gasteiger partial charge is 0.253 e. The minimum absolute atomic E-state index is 0.161. The van der Waals surface area contributed by atoms with Crippen LogP contribution >= 0.6 is 15.9 Å². The summed E-state index contributed by atoms with van der Waals surface area (Å²) >= 11 is 3.35. The minimum Gasteiger partial charge on any atom is -0.351 e. The summed E-state index contributed by atoms with van der Waals surface area (Å²) in [5.74, 6) is -0.410. The van der Waals surface area contributed by atoms with E-state index in [0.717, 1.165) is 15.5 Å². The van der Waals surface area contributed by atoms with Crippen LogP contribution in [0, 0.1) is 6.92 Å². The molecule has 0 spiro atoms. The van der Waals surface area contributed by atoms with E-state index in [0.29, 0.717) is 16.9 Å². The summed E-state index contributed by atoms with van der Waals surface area (Å²) in [6.45, 7) is 6.10. The van der Waals surface area contributed by atoms with E-state index < -0.39 is 0 Å². The summed E-state index contributed by atoms with van der Waals surface area (Å²) in [5, 5.41) is 10.7. The van der Waals surface area contributed by atoms with Crippen molar-refractivity contribution in [1.29, 1.82) is 0 Å². The quantitative estimate of drug-likeness (QED) is 0.605. The highest BCUT2D eigenvalue weighted by molar-refractivity contribution is 9.10. The van der Waals surface area contributed by atoms with E-state index in [2.05, 4.69) is 36.6 Å². The van der Waals surface area contributed by atoms with Gasteiger partial charge in [-0.05, 0) is 51.1 Å². The van der Waals surface area contributed by atoms with Crippen LogP contribution in [0.15, 0.2) is 41.0 Å². The number of aryl methyl sites for hydroxylation is 1. The second-order valence-corrected chi connectivity index (χ2v) is 7.69. The number of benzene rings is 1. The van der Waals surface area contributed by atoms with Crippen molar-refractivity contribution in [2.24, 2.45) is 0 Å². The number of amides is 2. The first-order chi connectivity index (χ1) is 13.3. The fourth-order valence-electron chi connectivity index (χ4n) is 2.81. The summed E-state index contributed by atoms with van der Waals surface area (Å²) < 4.78 is 2.77. The van der Waals surface area contributed by atoms with Crippen LogP contribution in [0.3, 0.4) is 0 Å². The third-order valence-electron chi connectivity index (χ3n) is 4.26. The van der Waals surface area contributed by atoms with Crippen molar-refractivity contribution in [2.45, 2.75) is 33.2 Å². The number of carbonyl (C=O) groups excluding carboxylic acids is 2. The average Bonchev–Trinajstić information content (AvgIpc) is 3.05. The first-order valence-corrected chi connectivity index (χ1v) is 9.83. The van der Waals surface area contributed by atoms with Gasteiger partial charge < -0.3 is 10.6 Å². The Balaban J connectivity index is 1.59. The molecule has 28 heavy (non-hydrogen) atoms. The lowest BCUT2D eigenvalue weighted by Gasteiger charge is -2.10. The molecule has 0 radical (unpaired) electrons. The van der Waals surface area contributed by atoms with Gasteiger partial charge in [-0.1, -0.05) is 15.9 Å². The minimum atomic E-state index is -0.249. The Bertz CT molecular complexity index is 1010. The number of rotatable bonds is 6. The zero-order chi connectivity index (χ0) is 20.3. The number of pyridine rings is 1. The molecule has 0 atom stereocenters. The molecule has 2 amide bonds. The molecule has 2 aromatic heterocycles. The fourth-order valence-corrected chi connectivity index (χ4v) is 3.08. The van der Waals surface area contributed by atoms with Crippen molar-refractivity contribution >= 4 is 44.5 Å². The zero-order valence-corrected chi connectivity index (χ0v) is 17.6. The summed E-state index contributed by atoms with van der Waals surface area (Å²) in [7, 11) is 0. The van der Waals surface area contributed by atoms with Crippen molar-refractivity contribution in [3.05, 3.63) is 52.3 Å². The standard InChI is InChI=1S/C20H22BrN5O2/c1-12(2)26-19-14(11-23-26)10-17(13(3)24-19)20(28)22-9-8-18(27)25-16-6-4-15(21)5-7-16/h4-7,10-12H,8-9H2,1-3H3,(H,22,28)(H,25,27). The highest BCUT2D eigenvalue weighted by Crippen LogP contribution is 2.19. The maximum atomic E-state index is 12.5. The molecule has 2 N–H and O–H groups in total. The summed E-state index contributed by atoms with van der Waals surface area (Å²) in [6.07, 6.45) is 1.89. The molecule has 0 saturated carbocycles. The lowest BCUT2D eigenvalue weighted by atomic mass is 10.1. The lowest BCUT2D eigenvalue weighted by molar-refractivity contribution is -0.116. The zero-order valence-electron chi connectivity index (χ0n) is 16.0. The second kappa shape index (κ2) is 8.52. The van der Waals surface area contributed by atoms with Crippen LogP contribution in [0.1, 0.15) is 42.4 Å². The van der Waals surface area contributed by atoms with Crippen LogP contribution in [0.25, 0.3) is 11.0 Å². The van der Waals surface area contributed by atoms with Crippen LogP contribution in [-0.4, -0.2) is 33.1 Å². The average molecular weight is 444 g/mol. The Labute approximate surface area is 171 Å². The number of hydrogen-bond donors (Lipinski definition) is 2. The largest absolute Gasteiger partial charge is 0.351 e. The van der Waals surface area contributed by atoms with Crippen molar-refractivity contribution in [3.8, 4) is 0 Å². The molecule has 0 aliphatic carbocycles. The molecule has 0 fully saturated rings. The van der Waals surface area contributed by atoms with E-state index in [1.165, 1.54) is 0 Å². The predicted molar refractivity (Wildman–Crippen MR) is 112 cm³/mol. The van der Waals surface area contributed by atoms with Gasteiger partial charge in [0.15, 0.2) is 5.65 Å². The number of carbonyl (C=O) groups is 2. The SMILES string of the molecule is Cc1nc2c(cnn2C(C)C)cc1C(=O)NCCC(=O)Nc1ccc(Br)cc1. The molecule has 7 nitrogen and oxygen atoms in total. The Morgan fingerprint density at radius 3 is 2.61 bits per heavy atom. The fraction of sp³-hybridized carbons (Fsp3) is 0.300. The van der Waals surface area contributed by atoms with E-state index >= 15 is 0 Å². The van der Waals surface area contributed by atoms with Crippen molar-refractivity contribution < 1.29 is 9.59 Å². The van der Waals surface area contributed by atoms with Gasteiger partial charge in [0.05, 0.1) is 17.5 Å². The number of anilines is 1. The molecule has 8 heteroatoms. The van der Waals surface area contributed by atoms with Crippen LogP contribution < -0.4 is 10.6 Å². The van der Waals surface area contributed by atoms with Gasteiger partial charge >= 0.3 is 0 Å². The molecule has 3 aromatic rings. The number of hydrogen-bond acceptors (Lipinski definition) is 4. The number of nitrogens with one attached hydrogen (secondary N) is 2. The van der Waals surface area contributed by atoms with Crippen molar-refractivity contribution in [3.63, 3.8) is 0 Å². The molecule has 0 aliphatic rings. The Kier molecular flexibility index (Phi) is 6.08. The molecule has 0 bridgehead atoms. The molecule has 1 aromatic carbocycles. The van der Waals surface area contributed by atoms with E-state index in [4.69, 9.17) is 0 Å². The van der Waals surface area contributed by atoms with Crippen LogP contribution in [0.4, 0.5) is 5.69 Å². The van der Waals surface area contributed by atoms with E-state index in [9.17, 15) is 9.59 Å². The number of halogens is 1. The van der Waals surface area contributed by atoms with Gasteiger partial charge in [0.1, 0.15) is 0 Å². The molecule has 2 heterocycles. The van der Waals surface area contributed by atoms with Gasteiger partial charge in [-0.25, -0.2) is 9.67 Å². The van der Waals surface area contributed by atoms with Crippen molar-refractivity contribution in [2.75, 3.05) is 11.9 Å². The molecule has 3 rings (SSSR count). The Morgan fingerprint density at radius 2 is 1.93 bits per heavy atom. The molecule has 146 valence electrons. The van der Waals surface area contributed by atoms with Crippen LogP contribution in [0.2, 0.25) is 0 Å². The molecule has 0 saturated heterocycles. The third-order valence-corrected chi connectivity index (χ3v) is 4.79. The number of aromatic nitrogens is 3. The van der Waals surface area contributed by atoms with Crippen molar-refractivity contribution in [1.82, 2.24) is 20.1 Å². The highest BCUT2D eigenvalue weighted by atomic mass is 79.9. The second-order valence-electron chi connectivity index (χ2n) is 6.78. The van der Waals surface area contributed by atoms with Gasteiger partial charge in [0, 0.05) is 34.6 Å². The molecular weight excluding hydrogens is 422 g/mol. The van der Waals surface area contributed by atoms with E-state index in [1.54, 1.807) is 19.2 Å². The topological polar surface area (TPSA) is 88.9 Å².